The number of hydrazone groups is 2. The van der Waals surface area contributed by atoms with Gasteiger partial charge in [0.15, 0.2) is 0 Å². The molecule has 1 aromatic rings. The first-order valence-electron chi connectivity index (χ1n) is 5.85. The molecule has 7 heteroatoms. The van der Waals surface area contributed by atoms with Crippen molar-refractivity contribution in [3.05, 3.63) is 24.0 Å². The fraction of sp³-hybridized carbons (Fsp3) is 0.333. The number of aryl methyl sites for hydroxylation is 1. The maximum Gasteiger partial charge on any atom is 0.249 e. The summed E-state index contributed by atoms with van der Waals surface area (Å²) in [7, 11) is 1.88. The van der Waals surface area contributed by atoms with Crippen molar-refractivity contribution in [2.24, 2.45) is 23.2 Å². The van der Waals surface area contributed by atoms with Gasteiger partial charge in [0, 0.05) is 25.4 Å². The number of nitrogens with zero attached hydrogens (tertiary/aromatic N) is 3. The smallest absolute Gasteiger partial charge is 0.249 e. The van der Waals surface area contributed by atoms with Crippen molar-refractivity contribution in [1.82, 2.24) is 15.4 Å². The van der Waals surface area contributed by atoms with Gasteiger partial charge in [0.2, 0.25) is 11.8 Å². The molecule has 2 rings (SSSR count). The number of carbonyl (C=O) groups excluding carboxylic acids is 2. The lowest BCUT2D eigenvalue weighted by atomic mass is 10.0. The zero-order valence-corrected chi connectivity index (χ0v) is 10.8. The minimum absolute atomic E-state index is 0.0473. The first kappa shape index (κ1) is 13.0. The number of hydrogen-bond donors (Lipinski definition) is 2. The van der Waals surface area contributed by atoms with E-state index in [1.165, 1.54) is 0 Å². The standard InChI is InChI=1S/C12H15N5O2/c1-8-10(12(19)16-14-8)6-11(18)15-13-7-9-4-3-5-17(9)2/h3-5,7,10H,6H2,1-2H3,(H,15,18)(H,16,19)/b13-7+. The molecule has 0 radical (unpaired) electrons. The SMILES string of the molecule is CC1=NNC(=O)C1CC(=O)N/N=C/c1cccn1C. The van der Waals surface area contributed by atoms with Crippen molar-refractivity contribution in [1.29, 1.82) is 0 Å². The van der Waals surface area contributed by atoms with Gasteiger partial charge in [-0.05, 0) is 19.1 Å². The topological polar surface area (TPSA) is 87.8 Å². The number of rotatable bonds is 4. The van der Waals surface area contributed by atoms with Crippen molar-refractivity contribution in [3.8, 4) is 0 Å². The van der Waals surface area contributed by atoms with Crippen LogP contribution in [0.25, 0.3) is 0 Å². The van der Waals surface area contributed by atoms with E-state index in [4.69, 9.17) is 0 Å². The molecule has 0 aliphatic carbocycles. The van der Waals surface area contributed by atoms with E-state index in [9.17, 15) is 9.59 Å². The normalized spacial score (nSPS) is 18.5. The molecule has 0 saturated heterocycles. The van der Waals surface area contributed by atoms with Gasteiger partial charge in [-0.3, -0.25) is 9.59 Å². The van der Waals surface area contributed by atoms with Gasteiger partial charge in [-0.25, -0.2) is 10.9 Å². The van der Waals surface area contributed by atoms with Crippen LogP contribution in [0, 0.1) is 5.92 Å². The van der Waals surface area contributed by atoms with Crippen molar-refractivity contribution in [2.75, 3.05) is 0 Å². The second-order valence-electron chi connectivity index (χ2n) is 4.32. The van der Waals surface area contributed by atoms with Crippen LogP contribution in [0.2, 0.25) is 0 Å². The number of aromatic nitrogens is 1. The predicted molar refractivity (Wildman–Crippen MR) is 70.5 cm³/mol. The Bertz CT molecular complexity index is 558. The van der Waals surface area contributed by atoms with Crippen LogP contribution >= 0.6 is 0 Å². The molecule has 1 aromatic heterocycles. The van der Waals surface area contributed by atoms with Crippen LogP contribution in [-0.4, -0.2) is 28.3 Å². The molecule has 0 saturated carbocycles. The summed E-state index contributed by atoms with van der Waals surface area (Å²) in [6, 6.07) is 3.75. The molecular formula is C12H15N5O2. The van der Waals surface area contributed by atoms with Gasteiger partial charge in [0.1, 0.15) is 0 Å². The van der Waals surface area contributed by atoms with Gasteiger partial charge < -0.3 is 4.57 Å². The number of amides is 2. The van der Waals surface area contributed by atoms with E-state index in [-0.39, 0.29) is 18.2 Å². The molecule has 0 aromatic carbocycles. The lowest BCUT2D eigenvalue weighted by molar-refractivity contribution is -0.127. The van der Waals surface area contributed by atoms with E-state index in [0.717, 1.165) is 5.69 Å². The Balaban J connectivity index is 1.85. The molecular weight excluding hydrogens is 246 g/mol. The van der Waals surface area contributed by atoms with Crippen LogP contribution < -0.4 is 10.9 Å². The largest absolute Gasteiger partial charge is 0.350 e. The van der Waals surface area contributed by atoms with Crippen LogP contribution in [0.15, 0.2) is 28.5 Å². The molecule has 2 N–H and O–H groups in total. The summed E-state index contributed by atoms with van der Waals surface area (Å²) in [6.07, 6.45) is 3.48. The number of carbonyl (C=O) groups is 2. The third kappa shape index (κ3) is 3.06. The van der Waals surface area contributed by atoms with Crippen molar-refractivity contribution >= 4 is 23.7 Å². The maximum atomic E-state index is 11.6. The molecule has 1 unspecified atom stereocenters. The third-order valence-corrected chi connectivity index (χ3v) is 2.92. The predicted octanol–water partition coefficient (Wildman–Crippen LogP) is -0.0128. The van der Waals surface area contributed by atoms with Gasteiger partial charge in [-0.1, -0.05) is 0 Å². The molecule has 0 bridgehead atoms. The van der Waals surface area contributed by atoms with E-state index >= 15 is 0 Å². The lowest BCUT2D eigenvalue weighted by Crippen LogP contribution is -2.29. The van der Waals surface area contributed by atoms with Crippen LogP contribution in [0.3, 0.4) is 0 Å². The zero-order chi connectivity index (χ0) is 13.8. The molecule has 1 aliphatic heterocycles. The average molecular weight is 261 g/mol. The van der Waals surface area contributed by atoms with Gasteiger partial charge in [-0.15, -0.1) is 0 Å². The summed E-state index contributed by atoms with van der Waals surface area (Å²) in [6.45, 7) is 1.71. The quantitative estimate of drug-likeness (QED) is 0.589. The van der Waals surface area contributed by atoms with Crippen LogP contribution in [0.1, 0.15) is 19.0 Å². The van der Waals surface area contributed by atoms with Crippen LogP contribution in [-0.2, 0) is 16.6 Å². The van der Waals surface area contributed by atoms with E-state index in [2.05, 4.69) is 21.1 Å². The molecule has 2 amide bonds. The zero-order valence-electron chi connectivity index (χ0n) is 10.8. The average Bonchev–Trinajstić information content (AvgIpc) is 2.90. The number of hydrogen-bond acceptors (Lipinski definition) is 4. The van der Waals surface area contributed by atoms with E-state index < -0.39 is 5.92 Å². The monoisotopic (exact) mass is 261 g/mol. The summed E-state index contributed by atoms with van der Waals surface area (Å²) < 4.78 is 1.87. The summed E-state index contributed by atoms with van der Waals surface area (Å²) in [4.78, 5) is 23.0. The molecule has 1 atom stereocenters. The highest BCUT2D eigenvalue weighted by atomic mass is 16.2. The molecule has 0 fully saturated rings. The van der Waals surface area contributed by atoms with Gasteiger partial charge in [0.05, 0.1) is 17.8 Å². The van der Waals surface area contributed by atoms with Gasteiger partial charge in [-0.2, -0.15) is 10.2 Å². The Morgan fingerprint density at radius 2 is 2.47 bits per heavy atom. The minimum atomic E-state index is -0.495. The lowest BCUT2D eigenvalue weighted by Gasteiger charge is -2.05. The van der Waals surface area contributed by atoms with Gasteiger partial charge in [0.25, 0.3) is 0 Å². The first-order chi connectivity index (χ1) is 9.08. The van der Waals surface area contributed by atoms with E-state index in [1.54, 1.807) is 13.1 Å². The van der Waals surface area contributed by atoms with Crippen LogP contribution in [0.4, 0.5) is 0 Å². The summed E-state index contributed by atoms with van der Waals surface area (Å²) in [5.41, 5.74) is 6.23. The Morgan fingerprint density at radius 3 is 3.05 bits per heavy atom. The van der Waals surface area contributed by atoms with E-state index in [1.807, 2.05) is 29.9 Å². The summed E-state index contributed by atoms with van der Waals surface area (Å²) in [5.74, 6) is -1.06. The molecule has 2 heterocycles. The van der Waals surface area contributed by atoms with E-state index in [0.29, 0.717) is 5.71 Å². The first-order valence-corrected chi connectivity index (χ1v) is 5.85. The molecule has 100 valence electrons. The van der Waals surface area contributed by atoms with Gasteiger partial charge >= 0.3 is 0 Å². The van der Waals surface area contributed by atoms with Crippen molar-refractivity contribution < 1.29 is 9.59 Å². The Labute approximate surface area is 110 Å². The number of nitrogens with one attached hydrogen (secondary N) is 2. The molecule has 0 spiro atoms. The molecule has 1 aliphatic rings. The highest BCUT2D eigenvalue weighted by Gasteiger charge is 2.28. The third-order valence-electron chi connectivity index (χ3n) is 2.92. The Kier molecular flexibility index (Phi) is 3.74. The fourth-order valence-corrected chi connectivity index (χ4v) is 1.74. The van der Waals surface area contributed by atoms with Crippen molar-refractivity contribution in [2.45, 2.75) is 13.3 Å². The fourth-order valence-electron chi connectivity index (χ4n) is 1.74. The minimum Gasteiger partial charge on any atom is -0.350 e. The highest BCUT2D eigenvalue weighted by Crippen LogP contribution is 2.11. The Hall–Kier alpha value is -2.44. The molecule has 7 nitrogen and oxygen atoms in total. The summed E-state index contributed by atoms with van der Waals surface area (Å²) >= 11 is 0. The second kappa shape index (κ2) is 5.47. The summed E-state index contributed by atoms with van der Waals surface area (Å²) in [5, 5.41) is 7.63. The van der Waals surface area contributed by atoms with Crippen LogP contribution in [0.5, 0.6) is 0 Å². The highest BCUT2D eigenvalue weighted by molar-refractivity contribution is 6.09. The molecule has 19 heavy (non-hydrogen) atoms. The Morgan fingerprint density at radius 1 is 1.68 bits per heavy atom. The maximum absolute atomic E-state index is 11.6. The second-order valence-corrected chi connectivity index (χ2v) is 4.32. The van der Waals surface area contributed by atoms with Crippen molar-refractivity contribution in [3.63, 3.8) is 0 Å².